The van der Waals surface area contributed by atoms with Crippen LogP contribution in [0.4, 0.5) is 0 Å². The van der Waals surface area contributed by atoms with E-state index in [1.54, 1.807) is 6.08 Å². The summed E-state index contributed by atoms with van der Waals surface area (Å²) < 4.78 is 0. The zero-order chi connectivity index (χ0) is 14.4. The van der Waals surface area contributed by atoms with Crippen molar-refractivity contribution in [2.24, 2.45) is 0 Å². The van der Waals surface area contributed by atoms with Crippen molar-refractivity contribution in [3.8, 4) is 0 Å². The molecule has 20 heavy (non-hydrogen) atoms. The normalized spacial score (nSPS) is 15.3. The molecule has 0 aliphatic heterocycles. The van der Waals surface area contributed by atoms with Gasteiger partial charge in [-0.3, -0.25) is 0 Å². The van der Waals surface area contributed by atoms with Crippen LogP contribution in [0.5, 0.6) is 0 Å². The highest BCUT2D eigenvalue weighted by molar-refractivity contribution is 5.25. The van der Waals surface area contributed by atoms with E-state index in [1.807, 2.05) is 60.7 Å². The molecule has 0 spiro atoms. The van der Waals surface area contributed by atoms with Gasteiger partial charge >= 0.3 is 0 Å². The van der Waals surface area contributed by atoms with E-state index in [2.05, 4.69) is 6.58 Å². The second-order valence-corrected chi connectivity index (χ2v) is 5.02. The third-order valence-corrected chi connectivity index (χ3v) is 3.51. The highest BCUT2D eigenvalue weighted by Gasteiger charge is 2.31. The summed E-state index contributed by atoms with van der Waals surface area (Å²) in [7, 11) is 0. The molecule has 2 rings (SSSR count). The molecule has 104 valence electrons. The van der Waals surface area contributed by atoms with E-state index < -0.39 is 11.7 Å². The quantitative estimate of drug-likeness (QED) is 0.786. The van der Waals surface area contributed by atoms with Crippen LogP contribution in [-0.2, 0) is 5.60 Å². The number of benzene rings is 2. The predicted octanol–water partition coefficient (Wildman–Crippen LogP) is 3.57. The van der Waals surface area contributed by atoms with E-state index in [0.29, 0.717) is 6.42 Å². The predicted molar refractivity (Wildman–Crippen MR) is 81.2 cm³/mol. The van der Waals surface area contributed by atoms with Crippen LogP contribution in [0.25, 0.3) is 0 Å². The van der Waals surface area contributed by atoms with Crippen LogP contribution in [-0.4, -0.2) is 10.2 Å². The van der Waals surface area contributed by atoms with Gasteiger partial charge in [0.15, 0.2) is 0 Å². The van der Waals surface area contributed by atoms with Crippen molar-refractivity contribution in [3.63, 3.8) is 0 Å². The number of aliphatic hydroxyl groups excluding tert-OH is 1. The van der Waals surface area contributed by atoms with Crippen LogP contribution in [0.1, 0.15) is 30.1 Å². The molecular formula is C18H20O2. The maximum absolute atomic E-state index is 10.9. The second-order valence-electron chi connectivity index (χ2n) is 5.02. The third-order valence-electron chi connectivity index (χ3n) is 3.51. The van der Waals surface area contributed by atoms with Crippen LogP contribution in [0.3, 0.4) is 0 Å². The number of hydrogen-bond donors (Lipinski definition) is 2. The smallest absolute Gasteiger partial charge is 0.0958 e. The van der Waals surface area contributed by atoms with Gasteiger partial charge < -0.3 is 10.2 Å². The van der Waals surface area contributed by atoms with E-state index in [9.17, 15) is 10.2 Å². The lowest BCUT2D eigenvalue weighted by atomic mass is 9.84. The van der Waals surface area contributed by atoms with Gasteiger partial charge in [-0.2, -0.15) is 0 Å². The van der Waals surface area contributed by atoms with Crippen molar-refractivity contribution in [3.05, 3.63) is 84.4 Å². The Balaban J connectivity index is 2.23. The Bertz CT molecular complexity index is 536. The summed E-state index contributed by atoms with van der Waals surface area (Å²) in [6.45, 7) is 3.71. The Hall–Kier alpha value is -1.90. The van der Waals surface area contributed by atoms with Crippen molar-refractivity contribution in [1.82, 2.24) is 0 Å². The average Bonchev–Trinajstić information content (AvgIpc) is 2.49. The largest absolute Gasteiger partial charge is 0.388 e. The van der Waals surface area contributed by atoms with E-state index in [1.165, 1.54) is 0 Å². The summed E-state index contributed by atoms with van der Waals surface area (Å²) in [6.07, 6.45) is 1.62. The molecule has 0 bridgehead atoms. The molecule has 0 fully saturated rings. The molecule has 0 aliphatic rings. The Morgan fingerprint density at radius 1 is 1.00 bits per heavy atom. The highest BCUT2D eigenvalue weighted by atomic mass is 16.3. The lowest BCUT2D eigenvalue weighted by molar-refractivity contribution is -0.0139. The number of aliphatic hydroxyl groups is 2. The summed E-state index contributed by atoms with van der Waals surface area (Å²) in [5.74, 6) is 0. The van der Waals surface area contributed by atoms with Crippen LogP contribution in [0.15, 0.2) is 73.3 Å². The molecule has 0 amide bonds. The van der Waals surface area contributed by atoms with Gasteiger partial charge in [-0.1, -0.05) is 66.7 Å². The van der Waals surface area contributed by atoms with Gasteiger partial charge in [0.2, 0.25) is 0 Å². The topological polar surface area (TPSA) is 40.5 Å². The van der Waals surface area contributed by atoms with Crippen LogP contribution >= 0.6 is 0 Å². The fraction of sp³-hybridized carbons (Fsp3) is 0.222. The van der Waals surface area contributed by atoms with Gasteiger partial charge in [-0.25, -0.2) is 0 Å². The maximum atomic E-state index is 10.9. The van der Waals surface area contributed by atoms with Gasteiger partial charge in [-0.15, -0.1) is 6.58 Å². The van der Waals surface area contributed by atoms with Gasteiger partial charge in [-0.05, 0) is 17.5 Å². The molecule has 0 aromatic heterocycles. The number of rotatable bonds is 6. The molecule has 2 aromatic carbocycles. The zero-order valence-electron chi connectivity index (χ0n) is 11.4. The molecule has 2 heteroatoms. The fourth-order valence-electron chi connectivity index (χ4n) is 2.42. The number of hydrogen-bond acceptors (Lipinski definition) is 2. The van der Waals surface area contributed by atoms with Crippen molar-refractivity contribution >= 4 is 0 Å². The average molecular weight is 268 g/mol. The first-order valence-corrected chi connectivity index (χ1v) is 6.77. The monoisotopic (exact) mass is 268 g/mol. The Morgan fingerprint density at radius 2 is 1.55 bits per heavy atom. The molecule has 2 aromatic rings. The van der Waals surface area contributed by atoms with Crippen molar-refractivity contribution in [1.29, 1.82) is 0 Å². The maximum Gasteiger partial charge on any atom is 0.0958 e. The Kier molecular flexibility index (Phi) is 4.72. The van der Waals surface area contributed by atoms with Crippen LogP contribution in [0.2, 0.25) is 0 Å². The van der Waals surface area contributed by atoms with E-state index in [-0.39, 0.29) is 6.42 Å². The lowest BCUT2D eigenvalue weighted by Crippen LogP contribution is -2.27. The summed E-state index contributed by atoms with van der Waals surface area (Å²) in [4.78, 5) is 0. The molecule has 0 heterocycles. The van der Waals surface area contributed by atoms with Crippen molar-refractivity contribution in [2.45, 2.75) is 24.5 Å². The standard InChI is InChI=1S/C18H20O2/c1-2-13-18(20,16-11-7-4-8-12-16)14-17(19)15-9-5-3-6-10-15/h2-12,17,19-20H,1,13-14H2/t17-,18-/m1/s1. The SMILES string of the molecule is C=CC[C@@](O)(C[C@@H](O)c1ccccc1)c1ccccc1. The molecular weight excluding hydrogens is 248 g/mol. The van der Waals surface area contributed by atoms with Crippen LogP contribution < -0.4 is 0 Å². The molecule has 0 unspecified atom stereocenters. The molecule has 0 saturated heterocycles. The zero-order valence-corrected chi connectivity index (χ0v) is 11.4. The highest BCUT2D eigenvalue weighted by Crippen LogP contribution is 2.35. The van der Waals surface area contributed by atoms with Gasteiger partial charge in [0.1, 0.15) is 0 Å². The molecule has 2 nitrogen and oxygen atoms in total. The first kappa shape index (κ1) is 14.5. The van der Waals surface area contributed by atoms with Gasteiger partial charge in [0.05, 0.1) is 11.7 Å². The Morgan fingerprint density at radius 3 is 2.10 bits per heavy atom. The lowest BCUT2D eigenvalue weighted by Gasteiger charge is -2.30. The summed E-state index contributed by atoms with van der Waals surface area (Å²) in [6, 6.07) is 18.8. The second kappa shape index (κ2) is 6.51. The first-order chi connectivity index (χ1) is 9.65. The third kappa shape index (κ3) is 3.35. The first-order valence-electron chi connectivity index (χ1n) is 6.77. The molecule has 2 atom stereocenters. The molecule has 0 saturated carbocycles. The van der Waals surface area contributed by atoms with Gasteiger partial charge in [0, 0.05) is 6.42 Å². The van der Waals surface area contributed by atoms with E-state index >= 15 is 0 Å². The minimum Gasteiger partial charge on any atom is -0.388 e. The minimum absolute atomic E-state index is 0.243. The minimum atomic E-state index is -1.10. The van der Waals surface area contributed by atoms with Crippen molar-refractivity contribution < 1.29 is 10.2 Å². The van der Waals surface area contributed by atoms with Gasteiger partial charge in [0.25, 0.3) is 0 Å². The van der Waals surface area contributed by atoms with Crippen LogP contribution in [0, 0.1) is 0 Å². The summed E-state index contributed by atoms with van der Waals surface area (Å²) in [5, 5.41) is 21.2. The summed E-state index contributed by atoms with van der Waals surface area (Å²) >= 11 is 0. The molecule has 0 radical (unpaired) electrons. The van der Waals surface area contributed by atoms with Crippen molar-refractivity contribution in [2.75, 3.05) is 0 Å². The molecule has 0 aliphatic carbocycles. The van der Waals surface area contributed by atoms with E-state index in [0.717, 1.165) is 11.1 Å². The summed E-state index contributed by atoms with van der Waals surface area (Å²) in [5.41, 5.74) is 0.513. The van der Waals surface area contributed by atoms with E-state index in [4.69, 9.17) is 0 Å². The Labute approximate surface area is 120 Å². The fourth-order valence-corrected chi connectivity index (χ4v) is 2.42. The molecule has 2 N–H and O–H groups in total.